The van der Waals surface area contributed by atoms with E-state index in [1.807, 2.05) is 24.3 Å². The van der Waals surface area contributed by atoms with E-state index in [2.05, 4.69) is 53.0 Å². The Bertz CT molecular complexity index is 1400. The molecule has 0 saturated carbocycles. The van der Waals surface area contributed by atoms with Gasteiger partial charge >= 0.3 is 0 Å². The van der Waals surface area contributed by atoms with Gasteiger partial charge < -0.3 is 14.0 Å². The molecular weight excluding hydrogens is 444 g/mol. The molecule has 2 aliphatic rings. The van der Waals surface area contributed by atoms with Gasteiger partial charge in [0.05, 0.1) is 30.3 Å². The Morgan fingerprint density at radius 1 is 1.06 bits per heavy atom. The summed E-state index contributed by atoms with van der Waals surface area (Å²) in [6.07, 6.45) is 2.07. The van der Waals surface area contributed by atoms with Gasteiger partial charge in [-0.3, -0.25) is 9.69 Å². The molecule has 1 fully saturated rings. The standard InChI is InChI=1S/C28H28N2O3S/c1-18-26(28(31)20-7-6-19-8-9-23(34-2)15-21(19)14-20)24-4-3-5-25-27(24)30(18)22(17-33-25)16-29-10-12-32-13-11-29/h3-9,14-15,22H,10-13,16-17H2,1-2H3. The van der Waals surface area contributed by atoms with E-state index < -0.39 is 0 Å². The zero-order valence-corrected chi connectivity index (χ0v) is 20.4. The van der Waals surface area contributed by atoms with Crippen LogP contribution in [-0.4, -0.2) is 61.0 Å². The Balaban J connectivity index is 1.44. The molecule has 6 heteroatoms. The van der Waals surface area contributed by atoms with Crippen LogP contribution in [0, 0.1) is 6.92 Å². The Hall–Kier alpha value is -2.80. The molecule has 174 valence electrons. The minimum Gasteiger partial charge on any atom is -0.489 e. The number of fused-ring (bicyclic) bond motifs is 1. The number of aromatic nitrogens is 1. The summed E-state index contributed by atoms with van der Waals surface area (Å²) in [5.41, 5.74) is 3.57. The largest absolute Gasteiger partial charge is 0.489 e. The maximum absolute atomic E-state index is 14.0. The summed E-state index contributed by atoms with van der Waals surface area (Å²) in [6, 6.07) is 18.7. The molecule has 1 saturated heterocycles. The minimum atomic E-state index is 0.0712. The predicted molar refractivity (Wildman–Crippen MR) is 138 cm³/mol. The van der Waals surface area contributed by atoms with Crippen molar-refractivity contribution in [3.05, 3.63) is 71.4 Å². The Labute approximate surface area is 203 Å². The number of carbonyl (C=O) groups is 1. The van der Waals surface area contributed by atoms with Crippen LogP contribution in [0.2, 0.25) is 0 Å². The Morgan fingerprint density at radius 2 is 1.88 bits per heavy atom. The highest BCUT2D eigenvalue weighted by Crippen LogP contribution is 2.40. The molecule has 0 bridgehead atoms. The van der Waals surface area contributed by atoms with Gasteiger partial charge in [-0.05, 0) is 48.2 Å². The molecule has 3 aromatic carbocycles. The van der Waals surface area contributed by atoms with Crippen molar-refractivity contribution in [3.63, 3.8) is 0 Å². The van der Waals surface area contributed by atoms with E-state index >= 15 is 0 Å². The van der Waals surface area contributed by atoms with Crippen molar-refractivity contribution in [2.75, 3.05) is 45.7 Å². The van der Waals surface area contributed by atoms with Crippen molar-refractivity contribution in [1.29, 1.82) is 0 Å². The van der Waals surface area contributed by atoms with Crippen LogP contribution in [0.5, 0.6) is 5.75 Å². The maximum Gasteiger partial charge on any atom is 0.195 e. The molecule has 4 aromatic rings. The maximum atomic E-state index is 14.0. The lowest BCUT2D eigenvalue weighted by molar-refractivity contribution is 0.0272. The van der Waals surface area contributed by atoms with Crippen LogP contribution in [0.15, 0.2) is 59.5 Å². The van der Waals surface area contributed by atoms with Crippen molar-refractivity contribution >= 4 is 39.2 Å². The number of ether oxygens (including phenoxy) is 2. The molecule has 0 amide bonds. The number of para-hydroxylation sites is 1. The summed E-state index contributed by atoms with van der Waals surface area (Å²) in [6.45, 7) is 7.00. The molecule has 6 rings (SSSR count). The summed E-state index contributed by atoms with van der Waals surface area (Å²) < 4.78 is 14.1. The molecule has 1 atom stereocenters. The van der Waals surface area contributed by atoms with Gasteiger partial charge in [-0.2, -0.15) is 0 Å². The lowest BCUT2D eigenvalue weighted by atomic mass is 9.98. The molecule has 0 spiro atoms. The molecule has 0 radical (unpaired) electrons. The molecule has 1 aromatic heterocycles. The summed E-state index contributed by atoms with van der Waals surface area (Å²) >= 11 is 1.71. The monoisotopic (exact) mass is 472 g/mol. The number of thioether (sulfide) groups is 1. The molecule has 0 aliphatic carbocycles. The minimum absolute atomic E-state index is 0.0712. The third kappa shape index (κ3) is 3.61. The summed E-state index contributed by atoms with van der Waals surface area (Å²) in [4.78, 5) is 17.6. The van der Waals surface area contributed by atoms with Gasteiger partial charge in [-0.15, -0.1) is 11.8 Å². The van der Waals surface area contributed by atoms with Crippen LogP contribution in [0.4, 0.5) is 0 Å². The molecule has 0 N–H and O–H groups in total. The Morgan fingerprint density at radius 3 is 2.71 bits per heavy atom. The Kier molecular flexibility index (Phi) is 5.60. The highest BCUT2D eigenvalue weighted by atomic mass is 32.2. The van der Waals surface area contributed by atoms with Crippen molar-refractivity contribution in [2.45, 2.75) is 17.9 Å². The van der Waals surface area contributed by atoms with Crippen LogP contribution < -0.4 is 4.74 Å². The molecule has 5 nitrogen and oxygen atoms in total. The van der Waals surface area contributed by atoms with E-state index in [1.165, 1.54) is 4.90 Å². The lowest BCUT2D eigenvalue weighted by Gasteiger charge is -2.34. The first-order valence-electron chi connectivity index (χ1n) is 11.8. The van der Waals surface area contributed by atoms with Crippen LogP contribution in [0.25, 0.3) is 21.7 Å². The topological polar surface area (TPSA) is 43.7 Å². The number of hydrogen-bond donors (Lipinski definition) is 0. The highest BCUT2D eigenvalue weighted by Gasteiger charge is 2.31. The number of ketones is 1. The number of rotatable bonds is 5. The third-order valence-corrected chi connectivity index (χ3v) is 7.86. The number of nitrogens with zero attached hydrogens (tertiary/aromatic N) is 2. The SMILES string of the molecule is CSc1ccc2ccc(C(=O)c3c(C)n4c5c(cccc35)OCC4CN3CCOCC3)cc2c1. The summed E-state index contributed by atoms with van der Waals surface area (Å²) in [5.74, 6) is 0.933. The number of benzene rings is 3. The van der Waals surface area contributed by atoms with Crippen molar-refractivity contribution in [2.24, 2.45) is 0 Å². The second kappa shape index (κ2) is 8.77. The van der Waals surface area contributed by atoms with E-state index in [1.54, 1.807) is 11.8 Å². The quantitative estimate of drug-likeness (QED) is 0.291. The van der Waals surface area contributed by atoms with Crippen LogP contribution in [0.1, 0.15) is 27.7 Å². The molecule has 34 heavy (non-hydrogen) atoms. The van der Waals surface area contributed by atoms with Crippen LogP contribution in [-0.2, 0) is 4.74 Å². The number of carbonyl (C=O) groups excluding carboxylic acids is 1. The first kappa shape index (κ1) is 21.7. The van der Waals surface area contributed by atoms with E-state index in [4.69, 9.17) is 9.47 Å². The lowest BCUT2D eigenvalue weighted by Crippen LogP contribution is -2.42. The third-order valence-electron chi connectivity index (χ3n) is 7.14. The van der Waals surface area contributed by atoms with Gasteiger partial charge in [0.15, 0.2) is 5.78 Å². The number of hydrogen-bond acceptors (Lipinski definition) is 5. The molecule has 3 heterocycles. The fourth-order valence-electron chi connectivity index (χ4n) is 5.43. The fourth-order valence-corrected chi connectivity index (χ4v) is 5.88. The predicted octanol–water partition coefficient (Wildman–Crippen LogP) is 5.32. The van der Waals surface area contributed by atoms with E-state index in [0.29, 0.717) is 6.61 Å². The smallest absolute Gasteiger partial charge is 0.195 e. The van der Waals surface area contributed by atoms with Gasteiger partial charge in [0.2, 0.25) is 0 Å². The second-order valence-corrected chi connectivity index (χ2v) is 10.00. The highest BCUT2D eigenvalue weighted by molar-refractivity contribution is 7.98. The zero-order chi connectivity index (χ0) is 23.2. The van der Waals surface area contributed by atoms with Gasteiger partial charge in [0.1, 0.15) is 12.4 Å². The molecule has 2 aliphatic heterocycles. The number of morpholine rings is 1. The summed E-state index contributed by atoms with van der Waals surface area (Å²) in [7, 11) is 0. The van der Waals surface area contributed by atoms with Crippen LogP contribution >= 0.6 is 11.8 Å². The van der Waals surface area contributed by atoms with Gasteiger partial charge in [0, 0.05) is 41.2 Å². The average molecular weight is 473 g/mol. The van der Waals surface area contributed by atoms with Gasteiger partial charge in [-0.1, -0.05) is 30.3 Å². The first-order valence-corrected chi connectivity index (χ1v) is 13.1. The van der Waals surface area contributed by atoms with E-state index in [9.17, 15) is 4.79 Å². The molecule has 1 unspecified atom stereocenters. The van der Waals surface area contributed by atoms with E-state index in [0.717, 1.165) is 77.1 Å². The van der Waals surface area contributed by atoms with E-state index in [-0.39, 0.29) is 11.8 Å². The van der Waals surface area contributed by atoms with Crippen molar-refractivity contribution < 1.29 is 14.3 Å². The fraction of sp³-hybridized carbons (Fsp3) is 0.321. The van der Waals surface area contributed by atoms with Gasteiger partial charge in [0.25, 0.3) is 0 Å². The van der Waals surface area contributed by atoms with Crippen molar-refractivity contribution in [1.82, 2.24) is 9.47 Å². The molecular formula is C28H28N2O3S. The van der Waals surface area contributed by atoms with Crippen molar-refractivity contribution in [3.8, 4) is 5.75 Å². The average Bonchev–Trinajstić information content (AvgIpc) is 3.18. The first-order chi connectivity index (χ1) is 16.6. The van der Waals surface area contributed by atoms with Gasteiger partial charge in [-0.25, -0.2) is 0 Å². The normalized spacial score (nSPS) is 18.4. The zero-order valence-electron chi connectivity index (χ0n) is 19.5. The van der Waals surface area contributed by atoms with Crippen LogP contribution in [0.3, 0.4) is 0 Å². The second-order valence-electron chi connectivity index (χ2n) is 9.12. The summed E-state index contributed by atoms with van der Waals surface area (Å²) in [5, 5.41) is 3.22.